The maximum atomic E-state index is 12.3. The van der Waals surface area contributed by atoms with Crippen LogP contribution in [0, 0.1) is 0 Å². The first-order valence-electron chi connectivity index (χ1n) is 6.65. The van der Waals surface area contributed by atoms with E-state index >= 15 is 0 Å². The van der Waals surface area contributed by atoms with E-state index in [0.29, 0.717) is 6.54 Å². The Kier molecular flexibility index (Phi) is 4.64. The summed E-state index contributed by atoms with van der Waals surface area (Å²) in [6.45, 7) is 4.32. The average Bonchev–Trinajstić information content (AvgIpc) is 2.96. The van der Waals surface area contributed by atoms with Crippen molar-refractivity contribution in [1.29, 1.82) is 0 Å². The number of aryl methyl sites for hydroxylation is 1. The van der Waals surface area contributed by atoms with Crippen molar-refractivity contribution in [1.82, 2.24) is 14.5 Å². The van der Waals surface area contributed by atoms with E-state index in [0.717, 1.165) is 11.3 Å². The molecule has 0 saturated carbocycles. The summed E-state index contributed by atoms with van der Waals surface area (Å²) >= 11 is 0. The van der Waals surface area contributed by atoms with E-state index in [2.05, 4.69) is 9.82 Å². The van der Waals surface area contributed by atoms with Crippen LogP contribution in [0.4, 0.5) is 0 Å². The molecule has 1 aromatic carbocycles. The van der Waals surface area contributed by atoms with Crippen LogP contribution in [0.25, 0.3) is 0 Å². The Balaban J connectivity index is 2.14. The second-order valence-corrected chi connectivity index (χ2v) is 6.36. The van der Waals surface area contributed by atoms with Crippen LogP contribution in [0.15, 0.2) is 41.6 Å². The van der Waals surface area contributed by atoms with Gasteiger partial charge in [-0.3, -0.25) is 4.68 Å². The van der Waals surface area contributed by atoms with Gasteiger partial charge in [0.2, 0.25) is 10.0 Å². The molecule has 0 radical (unpaired) electrons. The van der Waals surface area contributed by atoms with Crippen molar-refractivity contribution in [3.05, 3.63) is 42.2 Å². The molecule has 1 heterocycles. The molecule has 0 amide bonds. The molecule has 1 unspecified atom stereocenters. The highest BCUT2D eigenvalue weighted by Crippen LogP contribution is 2.19. The fourth-order valence-corrected chi connectivity index (χ4v) is 3.10. The standard InChI is InChI=1S/C14H19N3O3S/c1-4-17-10-14(9-15-17)21(18,19)16-11(2)12-5-7-13(20-3)8-6-12/h5-11,16H,4H2,1-3H3. The van der Waals surface area contributed by atoms with Gasteiger partial charge < -0.3 is 4.74 Å². The monoisotopic (exact) mass is 309 g/mol. The Labute approximate surface area is 124 Å². The molecular weight excluding hydrogens is 290 g/mol. The second kappa shape index (κ2) is 6.28. The summed E-state index contributed by atoms with van der Waals surface area (Å²) in [6.07, 6.45) is 2.87. The number of nitrogens with zero attached hydrogens (tertiary/aromatic N) is 2. The van der Waals surface area contributed by atoms with Crippen LogP contribution >= 0.6 is 0 Å². The minimum absolute atomic E-state index is 0.171. The van der Waals surface area contributed by atoms with Gasteiger partial charge in [0.1, 0.15) is 10.6 Å². The van der Waals surface area contributed by atoms with Crippen molar-refractivity contribution in [2.75, 3.05) is 7.11 Å². The van der Waals surface area contributed by atoms with Gasteiger partial charge in [0.15, 0.2) is 0 Å². The number of ether oxygens (including phenoxy) is 1. The number of rotatable bonds is 6. The molecule has 0 saturated heterocycles. The number of aromatic nitrogens is 2. The fraction of sp³-hybridized carbons (Fsp3) is 0.357. The van der Waals surface area contributed by atoms with E-state index < -0.39 is 10.0 Å². The Morgan fingerprint density at radius 1 is 1.33 bits per heavy atom. The number of sulfonamides is 1. The molecule has 0 aliphatic heterocycles. The summed E-state index contributed by atoms with van der Waals surface area (Å²) in [7, 11) is -1.99. The van der Waals surface area contributed by atoms with Crippen LogP contribution in [0.5, 0.6) is 5.75 Å². The van der Waals surface area contributed by atoms with Gasteiger partial charge in [-0.1, -0.05) is 12.1 Å². The molecule has 2 rings (SSSR count). The van der Waals surface area contributed by atoms with Crippen molar-refractivity contribution in [2.24, 2.45) is 0 Å². The Morgan fingerprint density at radius 3 is 2.52 bits per heavy atom. The lowest BCUT2D eigenvalue weighted by Gasteiger charge is -2.14. The lowest BCUT2D eigenvalue weighted by atomic mass is 10.1. The van der Waals surface area contributed by atoms with Gasteiger partial charge in [0, 0.05) is 18.8 Å². The fourth-order valence-electron chi connectivity index (χ4n) is 1.92. The van der Waals surface area contributed by atoms with E-state index in [1.807, 2.05) is 19.1 Å². The van der Waals surface area contributed by atoms with Gasteiger partial charge in [0.25, 0.3) is 0 Å². The maximum Gasteiger partial charge on any atom is 0.244 e. The molecule has 21 heavy (non-hydrogen) atoms. The quantitative estimate of drug-likeness (QED) is 0.885. The zero-order valence-corrected chi connectivity index (χ0v) is 13.1. The molecule has 2 aromatic rings. The molecule has 1 atom stereocenters. The van der Waals surface area contributed by atoms with Crippen molar-refractivity contribution in [2.45, 2.75) is 31.3 Å². The predicted octanol–water partition coefficient (Wildman–Crippen LogP) is 1.95. The van der Waals surface area contributed by atoms with Crippen LogP contribution in [0.2, 0.25) is 0 Å². The molecular formula is C14H19N3O3S. The third-order valence-electron chi connectivity index (χ3n) is 3.19. The molecule has 7 heteroatoms. The average molecular weight is 309 g/mol. The highest BCUT2D eigenvalue weighted by molar-refractivity contribution is 7.89. The van der Waals surface area contributed by atoms with Crippen molar-refractivity contribution in [3.63, 3.8) is 0 Å². The number of hydrogen-bond acceptors (Lipinski definition) is 4. The number of methoxy groups -OCH3 is 1. The molecule has 6 nitrogen and oxygen atoms in total. The summed E-state index contributed by atoms with van der Waals surface area (Å²) < 4.78 is 33.9. The van der Waals surface area contributed by atoms with Crippen LogP contribution in [0.3, 0.4) is 0 Å². The van der Waals surface area contributed by atoms with Gasteiger partial charge in [0.05, 0.1) is 13.3 Å². The molecule has 0 aliphatic carbocycles. The Morgan fingerprint density at radius 2 is 2.00 bits per heavy atom. The van der Waals surface area contributed by atoms with E-state index in [9.17, 15) is 8.42 Å². The minimum Gasteiger partial charge on any atom is -0.497 e. The normalized spacial score (nSPS) is 13.1. The highest BCUT2D eigenvalue weighted by Gasteiger charge is 2.20. The molecule has 0 spiro atoms. The van der Waals surface area contributed by atoms with Crippen LogP contribution < -0.4 is 9.46 Å². The van der Waals surface area contributed by atoms with E-state index in [-0.39, 0.29) is 10.9 Å². The number of hydrogen-bond donors (Lipinski definition) is 1. The van der Waals surface area contributed by atoms with Crippen molar-refractivity contribution < 1.29 is 13.2 Å². The topological polar surface area (TPSA) is 73.2 Å². The van der Waals surface area contributed by atoms with E-state index in [4.69, 9.17) is 4.74 Å². The summed E-state index contributed by atoms with van der Waals surface area (Å²) in [6, 6.07) is 6.93. The van der Waals surface area contributed by atoms with Crippen molar-refractivity contribution >= 4 is 10.0 Å². The van der Waals surface area contributed by atoms with E-state index in [1.54, 1.807) is 30.8 Å². The van der Waals surface area contributed by atoms with Gasteiger partial charge in [-0.15, -0.1) is 0 Å². The molecule has 0 aliphatic rings. The van der Waals surface area contributed by atoms with Gasteiger partial charge >= 0.3 is 0 Å². The second-order valence-electron chi connectivity index (χ2n) is 4.65. The van der Waals surface area contributed by atoms with Crippen LogP contribution in [0.1, 0.15) is 25.5 Å². The highest BCUT2D eigenvalue weighted by atomic mass is 32.2. The number of nitrogens with one attached hydrogen (secondary N) is 1. The lowest BCUT2D eigenvalue weighted by molar-refractivity contribution is 0.414. The smallest absolute Gasteiger partial charge is 0.244 e. The predicted molar refractivity (Wildman–Crippen MR) is 79.6 cm³/mol. The first-order chi connectivity index (χ1) is 9.96. The lowest BCUT2D eigenvalue weighted by Crippen LogP contribution is -2.26. The Hall–Kier alpha value is -1.86. The molecule has 0 bridgehead atoms. The molecule has 0 fully saturated rings. The third kappa shape index (κ3) is 3.62. The molecule has 114 valence electrons. The van der Waals surface area contributed by atoms with Gasteiger partial charge in [-0.2, -0.15) is 5.10 Å². The zero-order chi connectivity index (χ0) is 15.5. The SMILES string of the molecule is CCn1cc(S(=O)(=O)NC(C)c2ccc(OC)cc2)cn1. The minimum atomic E-state index is -3.58. The van der Waals surface area contributed by atoms with Crippen LogP contribution in [-0.4, -0.2) is 25.3 Å². The largest absolute Gasteiger partial charge is 0.497 e. The van der Waals surface area contributed by atoms with Crippen LogP contribution in [-0.2, 0) is 16.6 Å². The maximum absolute atomic E-state index is 12.3. The summed E-state index contributed by atoms with van der Waals surface area (Å²) in [5, 5.41) is 3.98. The van der Waals surface area contributed by atoms with Gasteiger partial charge in [-0.05, 0) is 31.5 Å². The first-order valence-corrected chi connectivity index (χ1v) is 8.13. The van der Waals surface area contributed by atoms with Crippen molar-refractivity contribution in [3.8, 4) is 5.75 Å². The first kappa shape index (κ1) is 15.5. The molecule has 1 aromatic heterocycles. The summed E-state index contributed by atoms with van der Waals surface area (Å²) in [5.41, 5.74) is 0.863. The third-order valence-corrected chi connectivity index (χ3v) is 4.69. The summed E-state index contributed by atoms with van der Waals surface area (Å²) in [4.78, 5) is 0.171. The zero-order valence-electron chi connectivity index (χ0n) is 12.3. The Bertz CT molecular complexity index is 693. The van der Waals surface area contributed by atoms with E-state index in [1.165, 1.54) is 12.4 Å². The molecule has 1 N–H and O–H groups in total. The van der Waals surface area contributed by atoms with Gasteiger partial charge in [-0.25, -0.2) is 13.1 Å². The number of benzene rings is 1. The summed E-state index contributed by atoms with van der Waals surface area (Å²) in [5.74, 6) is 0.734.